The predicted molar refractivity (Wildman–Crippen MR) is 88.6 cm³/mol. The molecule has 0 saturated heterocycles. The SMILES string of the molecule is CCCNC(Cc1ccc(C)c(C)c1)c1ccnn1CC. The second kappa shape index (κ2) is 7.41. The summed E-state index contributed by atoms with van der Waals surface area (Å²) in [5.41, 5.74) is 5.39. The highest BCUT2D eigenvalue weighted by molar-refractivity contribution is 5.31. The summed E-state index contributed by atoms with van der Waals surface area (Å²) in [5, 5.41) is 8.08. The van der Waals surface area contributed by atoms with Crippen LogP contribution in [0.5, 0.6) is 0 Å². The van der Waals surface area contributed by atoms with Crippen molar-refractivity contribution in [1.29, 1.82) is 0 Å². The zero-order valence-corrected chi connectivity index (χ0v) is 13.7. The lowest BCUT2D eigenvalue weighted by Crippen LogP contribution is -2.26. The minimum Gasteiger partial charge on any atom is -0.308 e. The molecule has 114 valence electrons. The summed E-state index contributed by atoms with van der Waals surface area (Å²) in [5.74, 6) is 0. The summed E-state index contributed by atoms with van der Waals surface area (Å²) in [6.45, 7) is 10.6. The molecule has 1 atom stereocenters. The van der Waals surface area contributed by atoms with Gasteiger partial charge in [0, 0.05) is 12.7 Å². The fourth-order valence-corrected chi connectivity index (χ4v) is 2.67. The second-order valence-electron chi connectivity index (χ2n) is 5.70. The van der Waals surface area contributed by atoms with Gasteiger partial charge in [-0.15, -0.1) is 0 Å². The minimum absolute atomic E-state index is 0.328. The van der Waals surface area contributed by atoms with E-state index in [0.717, 1.165) is 25.9 Å². The van der Waals surface area contributed by atoms with Crippen molar-refractivity contribution in [3.63, 3.8) is 0 Å². The number of nitrogens with zero attached hydrogens (tertiary/aromatic N) is 2. The zero-order valence-electron chi connectivity index (χ0n) is 13.7. The Kier molecular flexibility index (Phi) is 5.57. The summed E-state index contributed by atoms with van der Waals surface area (Å²) in [7, 11) is 0. The molecule has 0 aliphatic carbocycles. The molecule has 2 aromatic rings. The lowest BCUT2D eigenvalue weighted by molar-refractivity contribution is 0.478. The fraction of sp³-hybridized carbons (Fsp3) is 0.500. The molecular weight excluding hydrogens is 258 g/mol. The third-order valence-electron chi connectivity index (χ3n) is 4.06. The minimum atomic E-state index is 0.328. The molecule has 0 amide bonds. The van der Waals surface area contributed by atoms with Gasteiger partial charge in [-0.25, -0.2) is 0 Å². The summed E-state index contributed by atoms with van der Waals surface area (Å²) in [6, 6.07) is 9.24. The maximum absolute atomic E-state index is 4.41. The van der Waals surface area contributed by atoms with Gasteiger partial charge in [0.2, 0.25) is 0 Å². The summed E-state index contributed by atoms with van der Waals surface area (Å²) in [6.07, 6.45) is 4.05. The highest BCUT2D eigenvalue weighted by Crippen LogP contribution is 2.20. The van der Waals surface area contributed by atoms with Crippen LogP contribution in [-0.2, 0) is 13.0 Å². The van der Waals surface area contributed by atoms with Crippen molar-refractivity contribution >= 4 is 0 Å². The molecule has 2 rings (SSSR count). The Labute approximate surface area is 128 Å². The van der Waals surface area contributed by atoms with Crippen LogP contribution in [0, 0.1) is 13.8 Å². The Hall–Kier alpha value is -1.61. The number of aromatic nitrogens is 2. The van der Waals surface area contributed by atoms with Gasteiger partial charge in [-0.05, 0) is 62.9 Å². The standard InChI is InChI=1S/C18H27N3/c1-5-10-19-17(18-9-11-20-21(18)6-2)13-16-8-7-14(3)15(4)12-16/h7-9,11-12,17,19H,5-6,10,13H2,1-4H3. The van der Waals surface area contributed by atoms with E-state index in [4.69, 9.17) is 0 Å². The third kappa shape index (κ3) is 3.94. The molecule has 1 unspecified atom stereocenters. The van der Waals surface area contributed by atoms with Crippen LogP contribution >= 0.6 is 0 Å². The first-order valence-corrected chi connectivity index (χ1v) is 7.96. The summed E-state index contributed by atoms with van der Waals surface area (Å²) in [4.78, 5) is 0. The molecule has 1 heterocycles. The Morgan fingerprint density at radius 3 is 2.62 bits per heavy atom. The lowest BCUT2D eigenvalue weighted by atomic mass is 9.99. The molecular formula is C18H27N3. The van der Waals surface area contributed by atoms with E-state index >= 15 is 0 Å². The highest BCUT2D eigenvalue weighted by Gasteiger charge is 2.16. The topological polar surface area (TPSA) is 29.9 Å². The van der Waals surface area contributed by atoms with E-state index in [1.807, 2.05) is 6.20 Å². The van der Waals surface area contributed by atoms with Gasteiger partial charge in [0.25, 0.3) is 0 Å². The molecule has 0 saturated carbocycles. The van der Waals surface area contributed by atoms with E-state index in [2.05, 4.69) is 67.1 Å². The van der Waals surface area contributed by atoms with Crippen LogP contribution in [0.4, 0.5) is 0 Å². The Morgan fingerprint density at radius 1 is 1.14 bits per heavy atom. The molecule has 0 aliphatic heterocycles. The average molecular weight is 285 g/mol. The monoisotopic (exact) mass is 285 g/mol. The third-order valence-corrected chi connectivity index (χ3v) is 4.06. The number of rotatable bonds is 7. The van der Waals surface area contributed by atoms with Crippen LogP contribution in [0.3, 0.4) is 0 Å². The second-order valence-corrected chi connectivity index (χ2v) is 5.70. The number of benzene rings is 1. The predicted octanol–water partition coefficient (Wildman–Crippen LogP) is 3.80. The Balaban J connectivity index is 2.21. The average Bonchev–Trinajstić information content (AvgIpc) is 2.95. The van der Waals surface area contributed by atoms with Gasteiger partial charge >= 0.3 is 0 Å². The van der Waals surface area contributed by atoms with Gasteiger partial charge in [-0.2, -0.15) is 5.10 Å². The van der Waals surface area contributed by atoms with Crippen molar-refractivity contribution in [2.75, 3.05) is 6.54 Å². The van der Waals surface area contributed by atoms with Crippen LogP contribution in [0.1, 0.15) is 48.7 Å². The van der Waals surface area contributed by atoms with Crippen molar-refractivity contribution in [2.45, 2.75) is 53.1 Å². The molecule has 3 nitrogen and oxygen atoms in total. The highest BCUT2D eigenvalue weighted by atomic mass is 15.3. The van der Waals surface area contributed by atoms with Gasteiger partial charge in [0.15, 0.2) is 0 Å². The van der Waals surface area contributed by atoms with Crippen molar-refractivity contribution < 1.29 is 0 Å². The quantitative estimate of drug-likeness (QED) is 0.838. The van der Waals surface area contributed by atoms with Crippen molar-refractivity contribution in [2.24, 2.45) is 0 Å². The fourth-order valence-electron chi connectivity index (χ4n) is 2.67. The van der Waals surface area contributed by atoms with E-state index in [1.54, 1.807) is 0 Å². The zero-order chi connectivity index (χ0) is 15.2. The van der Waals surface area contributed by atoms with E-state index in [1.165, 1.54) is 22.4 Å². The molecule has 3 heteroatoms. The molecule has 0 radical (unpaired) electrons. The Bertz CT molecular complexity index is 572. The number of hydrogen-bond donors (Lipinski definition) is 1. The molecule has 0 bridgehead atoms. The van der Waals surface area contributed by atoms with Crippen molar-refractivity contribution in [1.82, 2.24) is 15.1 Å². The summed E-state index contributed by atoms with van der Waals surface area (Å²) >= 11 is 0. The van der Waals surface area contributed by atoms with Crippen LogP contribution in [0.2, 0.25) is 0 Å². The van der Waals surface area contributed by atoms with Crippen LogP contribution < -0.4 is 5.32 Å². The van der Waals surface area contributed by atoms with Crippen LogP contribution in [-0.4, -0.2) is 16.3 Å². The molecule has 1 aromatic heterocycles. The summed E-state index contributed by atoms with van der Waals surface area (Å²) < 4.78 is 2.09. The lowest BCUT2D eigenvalue weighted by Gasteiger charge is -2.20. The van der Waals surface area contributed by atoms with Gasteiger partial charge in [0.1, 0.15) is 0 Å². The van der Waals surface area contributed by atoms with Crippen LogP contribution in [0.25, 0.3) is 0 Å². The largest absolute Gasteiger partial charge is 0.308 e. The first-order valence-electron chi connectivity index (χ1n) is 7.96. The molecule has 1 aromatic carbocycles. The maximum Gasteiger partial charge on any atom is 0.0556 e. The normalized spacial score (nSPS) is 12.6. The van der Waals surface area contributed by atoms with Gasteiger partial charge in [0.05, 0.1) is 11.7 Å². The molecule has 1 N–H and O–H groups in total. The number of hydrogen-bond acceptors (Lipinski definition) is 2. The van der Waals surface area contributed by atoms with E-state index in [0.29, 0.717) is 6.04 Å². The van der Waals surface area contributed by atoms with Gasteiger partial charge < -0.3 is 5.32 Å². The Morgan fingerprint density at radius 2 is 1.95 bits per heavy atom. The first-order chi connectivity index (χ1) is 10.2. The number of aryl methyl sites for hydroxylation is 3. The van der Waals surface area contributed by atoms with Crippen molar-refractivity contribution in [3.8, 4) is 0 Å². The van der Waals surface area contributed by atoms with Gasteiger partial charge in [-0.1, -0.05) is 25.1 Å². The molecule has 0 aliphatic rings. The number of nitrogens with one attached hydrogen (secondary N) is 1. The van der Waals surface area contributed by atoms with E-state index in [-0.39, 0.29) is 0 Å². The molecule has 0 fully saturated rings. The first kappa shape index (κ1) is 15.8. The maximum atomic E-state index is 4.41. The van der Waals surface area contributed by atoms with Crippen LogP contribution in [0.15, 0.2) is 30.5 Å². The van der Waals surface area contributed by atoms with Gasteiger partial charge in [-0.3, -0.25) is 4.68 Å². The van der Waals surface area contributed by atoms with E-state index in [9.17, 15) is 0 Å². The molecule has 21 heavy (non-hydrogen) atoms. The molecule has 0 spiro atoms. The van der Waals surface area contributed by atoms with Crippen molar-refractivity contribution in [3.05, 3.63) is 52.8 Å². The smallest absolute Gasteiger partial charge is 0.0556 e. The van der Waals surface area contributed by atoms with E-state index < -0.39 is 0 Å².